The molecule has 1 atom stereocenters. The summed E-state index contributed by atoms with van der Waals surface area (Å²) in [5.41, 5.74) is 0. The minimum atomic E-state index is -1.88. The van der Waals surface area contributed by atoms with Gasteiger partial charge < -0.3 is 15.3 Å². The van der Waals surface area contributed by atoms with Crippen LogP contribution in [0.25, 0.3) is 0 Å². The summed E-state index contributed by atoms with van der Waals surface area (Å²) in [7, 11) is 0. The third-order valence-electron chi connectivity index (χ3n) is 4.31. The Balaban J connectivity index is 2.31. The van der Waals surface area contributed by atoms with E-state index in [0.717, 1.165) is 25.7 Å². The molecule has 1 aliphatic carbocycles. The molecule has 3 N–H and O–H groups in total. The van der Waals surface area contributed by atoms with Gasteiger partial charge in [0.15, 0.2) is 5.79 Å². The molecule has 19 heavy (non-hydrogen) atoms. The molecular weight excluding hydrogens is 240 g/mol. The molecule has 0 aromatic heterocycles. The van der Waals surface area contributed by atoms with Gasteiger partial charge in [-0.25, -0.2) is 0 Å². The Morgan fingerprint density at radius 1 is 0.579 bits per heavy atom. The lowest BCUT2D eigenvalue weighted by atomic mass is 9.96. The molecule has 0 saturated heterocycles. The van der Waals surface area contributed by atoms with E-state index in [-0.39, 0.29) is 0 Å². The van der Waals surface area contributed by atoms with Crippen molar-refractivity contribution in [2.45, 2.75) is 102 Å². The maximum Gasteiger partial charge on any atom is 0.189 e. The average Bonchev–Trinajstić information content (AvgIpc) is 2.37. The van der Waals surface area contributed by atoms with Crippen molar-refractivity contribution in [1.82, 2.24) is 0 Å². The topological polar surface area (TPSA) is 60.7 Å². The number of aliphatic hydroxyl groups is 3. The lowest BCUT2D eigenvalue weighted by Gasteiger charge is -2.27. The molecular formula is C16H32O3. The first-order valence-electron chi connectivity index (χ1n) is 8.26. The molecule has 0 heterocycles. The van der Waals surface area contributed by atoms with Gasteiger partial charge in [-0.3, -0.25) is 0 Å². The number of rotatable bonds is 0. The Kier molecular flexibility index (Phi) is 8.67. The quantitative estimate of drug-likeness (QED) is 0.591. The van der Waals surface area contributed by atoms with Crippen LogP contribution in [0.15, 0.2) is 0 Å². The molecule has 0 aliphatic heterocycles. The summed E-state index contributed by atoms with van der Waals surface area (Å²) >= 11 is 0. The second-order valence-electron chi connectivity index (χ2n) is 6.18. The molecule has 0 radical (unpaired) electrons. The predicted octanol–water partition coefficient (Wildman–Crippen LogP) is 3.50. The largest absolute Gasteiger partial charge is 0.388 e. The minimum absolute atomic E-state index is 0.300. The first-order valence-corrected chi connectivity index (χ1v) is 8.26. The van der Waals surface area contributed by atoms with E-state index in [9.17, 15) is 15.3 Å². The molecule has 1 aliphatic rings. The Morgan fingerprint density at radius 2 is 0.947 bits per heavy atom. The molecule has 1 fully saturated rings. The van der Waals surface area contributed by atoms with Crippen LogP contribution in [-0.4, -0.2) is 27.2 Å². The molecule has 3 nitrogen and oxygen atoms in total. The fourth-order valence-electron chi connectivity index (χ4n) is 2.89. The smallest absolute Gasteiger partial charge is 0.189 e. The molecule has 1 rings (SSSR count). The summed E-state index contributed by atoms with van der Waals surface area (Å²) in [4.78, 5) is 0. The van der Waals surface area contributed by atoms with Gasteiger partial charge in [-0.2, -0.15) is 0 Å². The number of hydrogen-bond acceptors (Lipinski definition) is 3. The zero-order chi connectivity index (χ0) is 14.0. The number of hydrogen-bond donors (Lipinski definition) is 3. The zero-order valence-electron chi connectivity index (χ0n) is 12.3. The lowest BCUT2D eigenvalue weighted by Crippen LogP contribution is -2.42. The molecule has 3 heteroatoms. The van der Waals surface area contributed by atoms with Crippen molar-refractivity contribution in [3.8, 4) is 0 Å². The van der Waals surface area contributed by atoms with Gasteiger partial charge in [0.25, 0.3) is 0 Å². The van der Waals surface area contributed by atoms with E-state index >= 15 is 0 Å². The summed E-state index contributed by atoms with van der Waals surface area (Å²) < 4.78 is 0. The van der Waals surface area contributed by atoms with Crippen LogP contribution >= 0.6 is 0 Å². The second kappa shape index (κ2) is 9.73. The molecule has 1 saturated carbocycles. The molecule has 1 unspecified atom stereocenters. The van der Waals surface area contributed by atoms with Crippen LogP contribution < -0.4 is 0 Å². The monoisotopic (exact) mass is 272 g/mol. The van der Waals surface area contributed by atoms with E-state index in [1.165, 1.54) is 51.4 Å². The van der Waals surface area contributed by atoms with Gasteiger partial charge in [0.2, 0.25) is 0 Å². The first kappa shape index (κ1) is 16.9. The van der Waals surface area contributed by atoms with Crippen LogP contribution in [0.4, 0.5) is 0 Å². The standard InChI is InChI=1S/C16H32O3/c17-15-13-11-9-7-5-3-1-2-4-6-8-10-12-14-16(15,18)19/h15,17-19H,1-14H2. The van der Waals surface area contributed by atoms with Crippen LogP contribution in [0, 0.1) is 0 Å². The van der Waals surface area contributed by atoms with Crippen LogP contribution in [0.5, 0.6) is 0 Å². The Labute approximate surface area is 118 Å². The van der Waals surface area contributed by atoms with Crippen molar-refractivity contribution in [3.63, 3.8) is 0 Å². The highest BCUT2D eigenvalue weighted by atomic mass is 16.5. The van der Waals surface area contributed by atoms with Gasteiger partial charge in [0.05, 0.1) is 0 Å². The minimum Gasteiger partial charge on any atom is -0.388 e. The van der Waals surface area contributed by atoms with Crippen molar-refractivity contribution in [2.75, 3.05) is 0 Å². The highest BCUT2D eigenvalue weighted by Gasteiger charge is 2.31. The van der Waals surface area contributed by atoms with Crippen molar-refractivity contribution in [3.05, 3.63) is 0 Å². The van der Waals surface area contributed by atoms with Crippen molar-refractivity contribution in [2.24, 2.45) is 0 Å². The molecule has 0 spiro atoms. The van der Waals surface area contributed by atoms with E-state index in [1.54, 1.807) is 0 Å². The van der Waals surface area contributed by atoms with Gasteiger partial charge in [-0.05, 0) is 12.8 Å². The third kappa shape index (κ3) is 7.91. The summed E-state index contributed by atoms with van der Waals surface area (Å²) in [6, 6.07) is 0. The molecule has 0 amide bonds. The molecule has 114 valence electrons. The van der Waals surface area contributed by atoms with E-state index in [0.29, 0.717) is 12.8 Å². The van der Waals surface area contributed by atoms with Crippen molar-refractivity contribution in [1.29, 1.82) is 0 Å². The molecule has 0 aromatic carbocycles. The van der Waals surface area contributed by atoms with Gasteiger partial charge in [0, 0.05) is 6.42 Å². The summed E-state index contributed by atoms with van der Waals surface area (Å²) in [5.74, 6) is -1.88. The van der Waals surface area contributed by atoms with E-state index < -0.39 is 11.9 Å². The Hall–Kier alpha value is -0.120. The van der Waals surface area contributed by atoms with Gasteiger partial charge in [-0.1, -0.05) is 70.6 Å². The maximum absolute atomic E-state index is 9.86. The van der Waals surface area contributed by atoms with E-state index in [4.69, 9.17) is 0 Å². The van der Waals surface area contributed by atoms with Gasteiger partial charge in [0.1, 0.15) is 6.10 Å². The SMILES string of the molecule is OC1CCCCCCCCCCCCCCC1(O)O. The fraction of sp³-hybridized carbons (Fsp3) is 1.00. The predicted molar refractivity (Wildman–Crippen MR) is 77.8 cm³/mol. The summed E-state index contributed by atoms with van der Waals surface area (Å²) in [6.45, 7) is 0. The average molecular weight is 272 g/mol. The maximum atomic E-state index is 9.86. The number of aliphatic hydroxyl groups excluding tert-OH is 1. The van der Waals surface area contributed by atoms with E-state index in [1.807, 2.05) is 0 Å². The van der Waals surface area contributed by atoms with Crippen LogP contribution in [0.3, 0.4) is 0 Å². The van der Waals surface area contributed by atoms with Gasteiger partial charge >= 0.3 is 0 Å². The Bertz CT molecular complexity index is 216. The molecule has 0 aromatic rings. The van der Waals surface area contributed by atoms with Crippen LogP contribution in [0.1, 0.15) is 89.9 Å². The van der Waals surface area contributed by atoms with Gasteiger partial charge in [-0.15, -0.1) is 0 Å². The molecule has 0 bridgehead atoms. The third-order valence-corrected chi connectivity index (χ3v) is 4.31. The van der Waals surface area contributed by atoms with Crippen LogP contribution in [0.2, 0.25) is 0 Å². The fourth-order valence-corrected chi connectivity index (χ4v) is 2.89. The first-order chi connectivity index (χ1) is 9.13. The Morgan fingerprint density at radius 3 is 1.42 bits per heavy atom. The highest BCUT2D eigenvalue weighted by Crippen LogP contribution is 2.22. The summed E-state index contributed by atoms with van der Waals surface area (Å²) in [5, 5.41) is 29.6. The van der Waals surface area contributed by atoms with Crippen molar-refractivity contribution >= 4 is 0 Å². The normalized spacial score (nSPS) is 28.9. The lowest BCUT2D eigenvalue weighted by molar-refractivity contribution is -0.230. The summed E-state index contributed by atoms with van der Waals surface area (Å²) in [6.07, 6.45) is 13.9. The van der Waals surface area contributed by atoms with Crippen molar-refractivity contribution < 1.29 is 15.3 Å². The zero-order valence-corrected chi connectivity index (χ0v) is 12.3. The second-order valence-corrected chi connectivity index (χ2v) is 6.18. The highest BCUT2D eigenvalue weighted by molar-refractivity contribution is 4.75. The van der Waals surface area contributed by atoms with E-state index in [2.05, 4.69) is 0 Å². The van der Waals surface area contributed by atoms with Crippen LogP contribution in [-0.2, 0) is 0 Å².